The minimum Gasteiger partial charge on any atom is -0.493 e. The minimum absolute atomic E-state index is 0.0571. The van der Waals surface area contributed by atoms with E-state index in [1.165, 1.54) is 7.11 Å². The van der Waals surface area contributed by atoms with Gasteiger partial charge in [-0.15, -0.1) is 5.10 Å². The zero-order valence-electron chi connectivity index (χ0n) is 16.3. The Morgan fingerprint density at radius 3 is 2.63 bits per heavy atom. The van der Waals surface area contributed by atoms with Crippen molar-refractivity contribution in [3.05, 3.63) is 52.6 Å². The number of benzene rings is 2. The molecule has 30 heavy (non-hydrogen) atoms. The number of esters is 1. The number of methoxy groups -OCH3 is 1. The number of rotatable bonds is 8. The summed E-state index contributed by atoms with van der Waals surface area (Å²) in [6, 6.07) is 12.4. The van der Waals surface area contributed by atoms with Crippen molar-refractivity contribution in [2.75, 3.05) is 25.6 Å². The van der Waals surface area contributed by atoms with Crippen LogP contribution >= 0.6 is 15.9 Å². The zero-order chi connectivity index (χ0) is 21.5. The topological polar surface area (TPSA) is 115 Å². The SMILES string of the molecule is CCOC(=O)c1n[nH]nc1-c1cc(Br)c(OCC(=O)Nc2ccccc2)c(OC)c1. The molecule has 0 aliphatic heterocycles. The molecule has 0 bridgehead atoms. The van der Waals surface area contributed by atoms with Gasteiger partial charge in [0.05, 0.1) is 18.2 Å². The Morgan fingerprint density at radius 1 is 1.17 bits per heavy atom. The summed E-state index contributed by atoms with van der Waals surface area (Å²) >= 11 is 3.42. The number of ether oxygens (including phenoxy) is 3. The Labute approximate surface area is 180 Å². The van der Waals surface area contributed by atoms with Crippen LogP contribution in [-0.2, 0) is 9.53 Å². The normalized spacial score (nSPS) is 10.4. The minimum atomic E-state index is -0.589. The first-order chi connectivity index (χ1) is 14.5. The number of nitrogens with one attached hydrogen (secondary N) is 2. The lowest BCUT2D eigenvalue weighted by Gasteiger charge is -2.14. The Hall–Kier alpha value is -3.40. The molecule has 0 spiro atoms. The van der Waals surface area contributed by atoms with E-state index >= 15 is 0 Å². The first-order valence-electron chi connectivity index (χ1n) is 8.97. The summed E-state index contributed by atoms with van der Waals surface area (Å²) in [5.41, 5.74) is 1.59. The van der Waals surface area contributed by atoms with Gasteiger partial charge in [-0.2, -0.15) is 10.3 Å². The maximum Gasteiger partial charge on any atom is 0.361 e. The Morgan fingerprint density at radius 2 is 1.93 bits per heavy atom. The smallest absolute Gasteiger partial charge is 0.361 e. The van der Waals surface area contributed by atoms with Crippen LogP contribution in [0.3, 0.4) is 0 Å². The predicted octanol–water partition coefficient (Wildman–Crippen LogP) is 3.44. The number of aromatic nitrogens is 3. The van der Waals surface area contributed by atoms with Gasteiger partial charge in [-0.05, 0) is 47.1 Å². The average Bonchev–Trinajstić information content (AvgIpc) is 3.23. The van der Waals surface area contributed by atoms with E-state index in [-0.39, 0.29) is 24.8 Å². The van der Waals surface area contributed by atoms with Crippen molar-refractivity contribution in [2.24, 2.45) is 0 Å². The number of H-pyrrole nitrogens is 1. The molecule has 0 atom stereocenters. The van der Waals surface area contributed by atoms with Crippen LogP contribution in [0.1, 0.15) is 17.4 Å². The summed E-state index contributed by atoms with van der Waals surface area (Å²) in [6.07, 6.45) is 0. The lowest BCUT2D eigenvalue weighted by molar-refractivity contribution is -0.118. The molecule has 156 valence electrons. The van der Waals surface area contributed by atoms with E-state index in [1.807, 2.05) is 18.2 Å². The van der Waals surface area contributed by atoms with Gasteiger partial charge >= 0.3 is 5.97 Å². The number of halogens is 1. The summed E-state index contributed by atoms with van der Waals surface area (Å²) in [4.78, 5) is 24.2. The summed E-state index contributed by atoms with van der Waals surface area (Å²) in [5.74, 6) is -0.218. The number of anilines is 1. The number of amides is 1. The van der Waals surface area contributed by atoms with Crippen molar-refractivity contribution in [3.8, 4) is 22.8 Å². The van der Waals surface area contributed by atoms with Crippen LogP contribution in [0, 0.1) is 0 Å². The molecule has 9 nitrogen and oxygen atoms in total. The molecule has 0 fully saturated rings. The molecule has 0 radical (unpaired) electrons. The summed E-state index contributed by atoms with van der Waals surface area (Å²) in [7, 11) is 1.47. The lowest BCUT2D eigenvalue weighted by Crippen LogP contribution is -2.20. The highest BCUT2D eigenvalue weighted by Gasteiger charge is 2.22. The van der Waals surface area contributed by atoms with Gasteiger partial charge in [-0.3, -0.25) is 4.79 Å². The standard InChI is InChI=1S/C20H19BrN4O5/c1-3-29-20(27)18-17(23-25-24-18)12-9-14(21)19(15(10-12)28-2)30-11-16(26)22-13-7-5-4-6-8-13/h4-10H,3,11H2,1-2H3,(H,22,26)(H,23,24,25). The second-order valence-corrected chi connectivity index (χ2v) is 6.79. The van der Waals surface area contributed by atoms with Crippen LogP contribution in [-0.4, -0.2) is 47.6 Å². The molecule has 0 saturated heterocycles. The van der Waals surface area contributed by atoms with Crippen molar-refractivity contribution in [2.45, 2.75) is 6.92 Å². The Balaban J connectivity index is 1.79. The molecule has 0 aliphatic carbocycles. The third-order valence-corrected chi connectivity index (χ3v) is 4.51. The number of aromatic amines is 1. The van der Waals surface area contributed by atoms with Crippen LogP contribution in [0.5, 0.6) is 11.5 Å². The third-order valence-electron chi connectivity index (χ3n) is 3.92. The summed E-state index contributed by atoms with van der Waals surface area (Å²) in [6.45, 7) is 1.70. The van der Waals surface area contributed by atoms with E-state index in [2.05, 4.69) is 36.7 Å². The molecule has 1 amide bonds. The highest BCUT2D eigenvalue weighted by Crippen LogP contribution is 2.39. The monoisotopic (exact) mass is 474 g/mol. The van der Waals surface area contributed by atoms with Crippen molar-refractivity contribution in [1.82, 2.24) is 15.4 Å². The van der Waals surface area contributed by atoms with E-state index in [9.17, 15) is 9.59 Å². The highest BCUT2D eigenvalue weighted by atomic mass is 79.9. The molecule has 2 aromatic carbocycles. The van der Waals surface area contributed by atoms with Crippen molar-refractivity contribution in [3.63, 3.8) is 0 Å². The Bertz CT molecular complexity index is 1040. The quantitative estimate of drug-likeness (QED) is 0.480. The fraction of sp³-hybridized carbons (Fsp3) is 0.200. The van der Waals surface area contributed by atoms with Gasteiger partial charge in [0.15, 0.2) is 23.8 Å². The number of carbonyl (C=O) groups excluding carboxylic acids is 2. The van der Waals surface area contributed by atoms with Gasteiger partial charge in [0, 0.05) is 11.3 Å². The molecule has 0 saturated carbocycles. The molecule has 1 aromatic heterocycles. The summed E-state index contributed by atoms with van der Waals surface area (Å²) < 4.78 is 16.6. The highest BCUT2D eigenvalue weighted by molar-refractivity contribution is 9.10. The molecule has 0 unspecified atom stereocenters. The first kappa shape index (κ1) is 21.3. The zero-order valence-corrected chi connectivity index (χ0v) is 17.9. The van der Waals surface area contributed by atoms with E-state index in [0.29, 0.717) is 32.9 Å². The van der Waals surface area contributed by atoms with E-state index in [1.54, 1.807) is 31.2 Å². The fourth-order valence-electron chi connectivity index (χ4n) is 2.63. The number of carbonyl (C=O) groups is 2. The van der Waals surface area contributed by atoms with Crippen LogP contribution in [0.15, 0.2) is 46.9 Å². The molecular formula is C20H19BrN4O5. The molecule has 3 aromatic rings. The number of nitrogens with zero attached hydrogens (tertiary/aromatic N) is 2. The van der Waals surface area contributed by atoms with Crippen LogP contribution < -0.4 is 14.8 Å². The number of hydrogen-bond acceptors (Lipinski definition) is 7. The van der Waals surface area contributed by atoms with Gasteiger partial charge < -0.3 is 19.5 Å². The predicted molar refractivity (Wildman–Crippen MR) is 113 cm³/mol. The van der Waals surface area contributed by atoms with Crippen LogP contribution in [0.25, 0.3) is 11.3 Å². The van der Waals surface area contributed by atoms with Crippen molar-refractivity contribution < 1.29 is 23.8 Å². The van der Waals surface area contributed by atoms with Gasteiger partial charge in [0.1, 0.15) is 5.69 Å². The second-order valence-electron chi connectivity index (χ2n) is 5.93. The maximum atomic E-state index is 12.2. The summed E-state index contributed by atoms with van der Waals surface area (Å²) in [5, 5.41) is 13.1. The van der Waals surface area contributed by atoms with Gasteiger partial charge in [-0.25, -0.2) is 4.79 Å². The Kier molecular flexibility index (Phi) is 7.02. The van der Waals surface area contributed by atoms with Gasteiger partial charge in [0.25, 0.3) is 5.91 Å². The first-order valence-corrected chi connectivity index (χ1v) is 9.76. The van der Waals surface area contributed by atoms with Gasteiger partial charge in [0.2, 0.25) is 0 Å². The molecule has 1 heterocycles. The molecule has 3 rings (SSSR count). The largest absolute Gasteiger partial charge is 0.493 e. The van der Waals surface area contributed by atoms with E-state index in [4.69, 9.17) is 14.2 Å². The lowest BCUT2D eigenvalue weighted by atomic mass is 10.1. The molecular weight excluding hydrogens is 456 g/mol. The molecule has 2 N–H and O–H groups in total. The molecule has 0 aliphatic rings. The van der Waals surface area contributed by atoms with Crippen molar-refractivity contribution in [1.29, 1.82) is 0 Å². The second kappa shape index (κ2) is 9.88. The molecule has 10 heteroatoms. The maximum absolute atomic E-state index is 12.2. The van der Waals surface area contributed by atoms with E-state index in [0.717, 1.165) is 0 Å². The van der Waals surface area contributed by atoms with Crippen molar-refractivity contribution >= 4 is 33.5 Å². The fourth-order valence-corrected chi connectivity index (χ4v) is 3.18. The van der Waals surface area contributed by atoms with Gasteiger partial charge in [-0.1, -0.05) is 18.2 Å². The average molecular weight is 475 g/mol. The van der Waals surface area contributed by atoms with Crippen LogP contribution in [0.2, 0.25) is 0 Å². The third kappa shape index (κ3) is 4.95. The van der Waals surface area contributed by atoms with Crippen LogP contribution in [0.4, 0.5) is 5.69 Å². The van der Waals surface area contributed by atoms with E-state index < -0.39 is 5.97 Å². The number of para-hydroxylation sites is 1. The number of hydrogen-bond donors (Lipinski definition) is 2.